The normalized spacial score (nSPS) is 14.2. The number of rotatable bonds is 6. The highest BCUT2D eigenvalue weighted by atomic mass is 32.2. The van der Waals surface area contributed by atoms with Crippen LogP contribution >= 0.6 is 0 Å². The average Bonchev–Trinajstić information content (AvgIpc) is 2.43. The van der Waals surface area contributed by atoms with Gasteiger partial charge in [-0.1, -0.05) is 30.3 Å². The summed E-state index contributed by atoms with van der Waals surface area (Å²) in [6.45, 7) is 1.22. The van der Waals surface area contributed by atoms with Gasteiger partial charge in [0.15, 0.2) is 5.25 Å². The van der Waals surface area contributed by atoms with Gasteiger partial charge in [0.25, 0.3) is 0 Å². The number of sulfonamides is 1. The fraction of sp³-hybridized carbons (Fsp3) is 0.385. The molecule has 0 heterocycles. The number of carbonyl (C=O) groups excluding carboxylic acids is 1. The summed E-state index contributed by atoms with van der Waals surface area (Å²) in [5, 5.41) is 7.82. The maximum atomic E-state index is 12.1. The van der Waals surface area contributed by atoms with Gasteiger partial charge in [0.05, 0.1) is 0 Å². The second-order valence-electron chi connectivity index (χ2n) is 4.72. The third kappa shape index (κ3) is 4.27. The number of nitrogens with zero attached hydrogens (tertiary/aromatic N) is 1. The van der Waals surface area contributed by atoms with Crippen LogP contribution in [0.3, 0.4) is 0 Å². The van der Waals surface area contributed by atoms with Gasteiger partial charge in [-0.3, -0.25) is 9.59 Å². The molecule has 116 valence electrons. The molecule has 0 saturated heterocycles. The van der Waals surface area contributed by atoms with E-state index >= 15 is 0 Å². The van der Waals surface area contributed by atoms with Gasteiger partial charge < -0.3 is 10.0 Å². The van der Waals surface area contributed by atoms with E-state index in [4.69, 9.17) is 0 Å². The van der Waals surface area contributed by atoms with Gasteiger partial charge in [0.1, 0.15) is 6.04 Å². The molecule has 2 N–H and O–H groups in total. The molecule has 0 aliphatic carbocycles. The highest BCUT2D eigenvalue weighted by molar-refractivity contribution is 7.90. The lowest BCUT2D eigenvalue weighted by atomic mass is 10.1. The van der Waals surface area contributed by atoms with Gasteiger partial charge in [-0.25, -0.2) is 8.42 Å². The molecule has 21 heavy (non-hydrogen) atoms. The lowest BCUT2D eigenvalue weighted by molar-refractivity contribution is -0.139. The van der Waals surface area contributed by atoms with E-state index in [0.717, 1.165) is 4.90 Å². The van der Waals surface area contributed by atoms with E-state index in [-0.39, 0.29) is 5.56 Å². The first-order valence-electron chi connectivity index (χ1n) is 6.17. The summed E-state index contributed by atoms with van der Waals surface area (Å²) in [6.07, 6.45) is 0. The Morgan fingerprint density at radius 2 is 1.71 bits per heavy atom. The van der Waals surface area contributed by atoms with Crippen LogP contribution in [0, 0.1) is 0 Å². The largest absolute Gasteiger partial charge is 0.480 e. The maximum absolute atomic E-state index is 12.1. The Balaban J connectivity index is 3.04. The molecule has 0 aromatic heterocycles. The molecule has 0 fully saturated rings. The number of amides is 1. The molecule has 1 amide bonds. The molecule has 1 unspecified atom stereocenters. The Morgan fingerprint density at radius 3 is 2.14 bits per heavy atom. The zero-order valence-corrected chi connectivity index (χ0v) is 12.8. The molecule has 7 nitrogen and oxygen atoms in total. The average molecular weight is 314 g/mol. The predicted octanol–water partition coefficient (Wildman–Crippen LogP) is 0.208. The first-order valence-corrected chi connectivity index (χ1v) is 7.71. The standard InChI is InChI=1S/C13H18N2O5S/c1-9(12(16)15(2)3)21(19,20)14-11(13(17)18)10-7-5-4-6-8-10/h4-9,11,14H,1-3H3,(H,17,18)/t9?,11-/m1/s1. The maximum Gasteiger partial charge on any atom is 0.326 e. The molecule has 1 aromatic carbocycles. The number of carboxylic acid groups (broad SMARTS) is 1. The van der Waals surface area contributed by atoms with E-state index in [2.05, 4.69) is 4.72 Å². The number of benzene rings is 1. The molecule has 8 heteroatoms. The predicted molar refractivity (Wildman–Crippen MR) is 77.0 cm³/mol. The first kappa shape index (κ1) is 17.1. The number of aliphatic carboxylic acids is 1. The van der Waals surface area contributed by atoms with Crippen molar-refractivity contribution in [1.82, 2.24) is 9.62 Å². The van der Waals surface area contributed by atoms with E-state index in [1.807, 2.05) is 0 Å². The Hall–Kier alpha value is -1.93. The fourth-order valence-electron chi connectivity index (χ4n) is 1.67. The summed E-state index contributed by atoms with van der Waals surface area (Å²) < 4.78 is 26.4. The van der Waals surface area contributed by atoms with Crippen LogP contribution in [0.1, 0.15) is 18.5 Å². The van der Waals surface area contributed by atoms with E-state index < -0.39 is 33.2 Å². The molecule has 0 aliphatic heterocycles. The number of nitrogens with one attached hydrogen (secondary N) is 1. The summed E-state index contributed by atoms with van der Waals surface area (Å²) in [4.78, 5) is 24.2. The van der Waals surface area contributed by atoms with Gasteiger partial charge in [0, 0.05) is 14.1 Å². The van der Waals surface area contributed by atoms with Gasteiger partial charge in [-0.15, -0.1) is 0 Å². The Bertz CT molecular complexity index is 613. The number of hydrogen-bond donors (Lipinski definition) is 2. The summed E-state index contributed by atoms with van der Waals surface area (Å²) in [7, 11) is -1.26. The van der Waals surface area contributed by atoms with Crippen LogP contribution < -0.4 is 4.72 Å². The van der Waals surface area contributed by atoms with Crippen LogP contribution in [0.15, 0.2) is 30.3 Å². The third-order valence-corrected chi connectivity index (χ3v) is 4.61. The second kappa shape index (κ2) is 6.68. The Labute approximate surface area is 123 Å². The number of carboxylic acids is 1. The minimum Gasteiger partial charge on any atom is -0.480 e. The second-order valence-corrected chi connectivity index (χ2v) is 6.75. The zero-order valence-electron chi connectivity index (χ0n) is 12.0. The fourth-order valence-corrected chi connectivity index (χ4v) is 2.92. The molecule has 0 bridgehead atoms. The third-order valence-electron chi connectivity index (χ3n) is 2.92. The van der Waals surface area contributed by atoms with Crippen molar-refractivity contribution in [1.29, 1.82) is 0 Å². The summed E-state index contributed by atoms with van der Waals surface area (Å²) in [6, 6.07) is 6.46. The molecule has 1 rings (SSSR count). The van der Waals surface area contributed by atoms with Crippen LogP contribution in [-0.2, 0) is 19.6 Å². The monoisotopic (exact) mass is 314 g/mol. The Morgan fingerprint density at radius 1 is 1.19 bits per heavy atom. The molecule has 1 aromatic rings. The molecule has 0 spiro atoms. The van der Waals surface area contributed by atoms with Crippen molar-refractivity contribution in [2.75, 3.05) is 14.1 Å². The van der Waals surface area contributed by atoms with Crippen LogP contribution in [0.25, 0.3) is 0 Å². The number of carbonyl (C=O) groups is 2. The van der Waals surface area contributed by atoms with Crippen LogP contribution in [0.4, 0.5) is 0 Å². The highest BCUT2D eigenvalue weighted by Crippen LogP contribution is 2.16. The van der Waals surface area contributed by atoms with Crippen molar-refractivity contribution < 1.29 is 23.1 Å². The van der Waals surface area contributed by atoms with Crippen LogP contribution in [0.5, 0.6) is 0 Å². The van der Waals surface area contributed by atoms with Crippen LogP contribution in [0.2, 0.25) is 0 Å². The van der Waals surface area contributed by atoms with Gasteiger partial charge >= 0.3 is 5.97 Å². The molecule has 0 aliphatic rings. The molecule has 0 saturated carbocycles. The topological polar surface area (TPSA) is 104 Å². The van der Waals surface area contributed by atoms with Crippen molar-refractivity contribution in [3.63, 3.8) is 0 Å². The zero-order chi connectivity index (χ0) is 16.2. The minimum atomic E-state index is -4.12. The Kier molecular flexibility index (Phi) is 5.45. The van der Waals surface area contributed by atoms with Crippen molar-refractivity contribution in [2.24, 2.45) is 0 Å². The van der Waals surface area contributed by atoms with Gasteiger partial charge in [-0.05, 0) is 12.5 Å². The number of hydrogen-bond acceptors (Lipinski definition) is 4. The molecular weight excluding hydrogens is 296 g/mol. The highest BCUT2D eigenvalue weighted by Gasteiger charge is 2.34. The van der Waals surface area contributed by atoms with Crippen molar-refractivity contribution >= 4 is 21.9 Å². The van der Waals surface area contributed by atoms with Crippen molar-refractivity contribution in [3.05, 3.63) is 35.9 Å². The smallest absolute Gasteiger partial charge is 0.326 e. The van der Waals surface area contributed by atoms with Crippen molar-refractivity contribution in [2.45, 2.75) is 18.2 Å². The van der Waals surface area contributed by atoms with Gasteiger partial charge in [-0.2, -0.15) is 4.72 Å². The quantitative estimate of drug-likeness (QED) is 0.781. The lowest BCUT2D eigenvalue weighted by Gasteiger charge is -2.20. The summed E-state index contributed by atoms with van der Waals surface area (Å²) in [5.41, 5.74) is 0.290. The van der Waals surface area contributed by atoms with Crippen LogP contribution in [-0.4, -0.2) is 49.6 Å². The molecule has 0 radical (unpaired) electrons. The molecular formula is C13H18N2O5S. The van der Waals surface area contributed by atoms with E-state index in [1.165, 1.54) is 33.2 Å². The van der Waals surface area contributed by atoms with E-state index in [0.29, 0.717) is 0 Å². The minimum absolute atomic E-state index is 0.290. The van der Waals surface area contributed by atoms with Crippen molar-refractivity contribution in [3.8, 4) is 0 Å². The first-order chi connectivity index (χ1) is 9.66. The molecule has 2 atom stereocenters. The summed E-state index contributed by atoms with van der Waals surface area (Å²) >= 11 is 0. The van der Waals surface area contributed by atoms with E-state index in [1.54, 1.807) is 18.2 Å². The SMILES string of the molecule is CC(C(=O)N(C)C)S(=O)(=O)N[C@@H](C(=O)O)c1ccccc1. The lowest BCUT2D eigenvalue weighted by Crippen LogP contribution is -2.45. The summed E-state index contributed by atoms with van der Waals surface area (Å²) in [5.74, 6) is -1.96. The van der Waals surface area contributed by atoms with E-state index in [9.17, 15) is 23.1 Å². The van der Waals surface area contributed by atoms with Gasteiger partial charge in [0.2, 0.25) is 15.9 Å².